The Labute approximate surface area is 176 Å². The summed E-state index contributed by atoms with van der Waals surface area (Å²) in [7, 11) is 0. The fourth-order valence-electron chi connectivity index (χ4n) is 4.19. The molecule has 156 valence electrons. The lowest BCUT2D eigenvalue weighted by Crippen LogP contribution is -2.44. The molecule has 0 bridgehead atoms. The number of carbonyl (C=O) groups is 3. The Morgan fingerprint density at radius 1 is 0.933 bits per heavy atom. The van der Waals surface area contributed by atoms with Crippen LogP contribution in [-0.2, 0) is 29.1 Å². The van der Waals surface area contributed by atoms with Gasteiger partial charge in [-0.25, -0.2) is 0 Å². The van der Waals surface area contributed by atoms with Crippen molar-refractivity contribution in [2.24, 2.45) is 0 Å². The van der Waals surface area contributed by atoms with Crippen molar-refractivity contribution in [3.8, 4) is 0 Å². The van der Waals surface area contributed by atoms with Crippen LogP contribution in [0.15, 0.2) is 48.5 Å². The van der Waals surface area contributed by atoms with E-state index in [0.29, 0.717) is 12.1 Å². The maximum atomic E-state index is 12.6. The smallest absolute Gasteiger partial charge is 0.260 e. The summed E-state index contributed by atoms with van der Waals surface area (Å²) < 4.78 is 0. The molecule has 3 amide bonds. The third kappa shape index (κ3) is 4.60. The van der Waals surface area contributed by atoms with Crippen LogP contribution in [0, 0.1) is 0 Å². The van der Waals surface area contributed by atoms with Crippen molar-refractivity contribution in [3.05, 3.63) is 70.8 Å². The molecule has 0 aliphatic carbocycles. The van der Waals surface area contributed by atoms with Crippen LogP contribution in [0.1, 0.15) is 46.3 Å². The number of hydrogen-bond donors (Lipinski definition) is 1. The van der Waals surface area contributed by atoms with Crippen molar-refractivity contribution in [1.29, 1.82) is 0 Å². The Hall–Kier alpha value is -2.99. The average Bonchev–Trinajstić information content (AvgIpc) is 3.26. The van der Waals surface area contributed by atoms with Crippen molar-refractivity contribution in [2.75, 3.05) is 19.6 Å². The van der Waals surface area contributed by atoms with Crippen LogP contribution < -0.4 is 5.32 Å². The number of rotatable bonds is 7. The zero-order valence-corrected chi connectivity index (χ0v) is 17.1. The molecule has 2 aromatic carbocycles. The third-order valence-electron chi connectivity index (χ3n) is 5.89. The van der Waals surface area contributed by atoms with Crippen LogP contribution in [0.2, 0.25) is 0 Å². The predicted molar refractivity (Wildman–Crippen MR) is 114 cm³/mol. The second kappa shape index (κ2) is 9.22. The first-order valence-electron chi connectivity index (χ1n) is 10.6. The lowest BCUT2D eigenvalue weighted by Gasteiger charge is -2.26. The second-order valence-corrected chi connectivity index (χ2v) is 7.96. The standard InChI is InChI=1S/C24H27N3O3/c28-22(11-14-27-23(29)15-18-7-3-4-10-21(18)24(27)30)25-16-19-8-1-2-9-20(19)17-26-12-5-6-13-26/h1-4,7-10H,5-6,11-17H2,(H,25,28). The molecular formula is C24H27N3O3. The molecule has 6 nitrogen and oxygen atoms in total. The van der Waals surface area contributed by atoms with Crippen LogP contribution in [0.5, 0.6) is 0 Å². The molecule has 2 aliphatic rings. The molecule has 6 heteroatoms. The average molecular weight is 405 g/mol. The van der Waals surface area contributed by atoms with Gasteiger partial charge in [0.05, 0.1) is 6.42 Å². The molecular weight excluding hydrogens is 378 g/mol. The lowest BCUT2D eigenvalue weighted by atomic mass is 9.98. The SMILES string of the molecule is O=C(CCN1C(=O)Cc2ccccc2C1=O)NCc1ccccc1CN1CCCC1. The van der Waals surface area contributed by atoms with Crippen LogP contribution in [-0.4, -0.2) is 47.2 Å². The summed E-state index contributed by atoms with van der Waals surface area (Å²) in [5.74, 6) is -0.724. The van der Waals surface area contributed by atoms with E-state index in [0.717, 1.165) is 30.8 Å². The van der Waals surface area contributed by atoms with E-state index in [1.807, 2.05) is 24.3 Å². The van der Waals surface area contributed by atoms with E-state index in [1.165, 1.54) is 23.3 Å². The molecule has 0 atom stereocenters. The van der Waals surface area contributed by atoms with E-state index in [2.05, 4.69) is 16.3 Å². The van der Waals surface area contributed by atoms with E-state index >= 15 is 0 Å². The minimum Gasteiger partial charge on any atom is -0.352 e. The van der Waals surface area contributed by atoms with E-state index in [4.69, 9.17) is 0 Å². The van der Waals surface area contributed by atoms with Gasteiger partial charge in [-0.3, -0.25) is 24.2 Å². The summed E-state index contributed by atoms with van der Waals surface area (Å²) >= 11 is 0. The fourth-order valence-corrected chi connectivity index (χ4v) is 4.19. The van der Waals surface area contributed by atoms with Gasteiger partial charge in [-0.05, 0) is 48.7 Å². The molecule has 0 saturated carbocycles. The summed E-state index contributed by atoms with van der Waals surface area (Å²) in [6.07, 6.45) is 2.80. The van der Waals surface area contributed by atoms with Gasteiger partial charge in [0.15, 0.2) is 0 Å². The van der Waals surface area contributed by atoms with Gasteiger partial charge in [0.1, 0.15) is 0 Å². The summed E-state index contributed by atoms with van der Waals surface area (Å²) in [4.78, 5) is 41.0. The highest BCUT2D eigenvalue weighted by Gasteiger charge is 2.30. The molecule has 1 N–H and O–H groups in total. The highest BCUT2D eigenvalue weighted by molar-refractivity contribution is 6.09. The van der Waals surface area contributed by atoms with Crippen LogP contribution in [0.4, 0.5) is 0 Å². The van der Waals surface area contributed by atoms with E-state index < -0.39 is 0 Å². The predicted octanol–water partition coefficient (Wildman–Crippen LogP) is 2.51. The van der Waals surface area contributed by atoms with Gasteiger partial charge < -0.3 is 5.32 Å². The summed E-state index contributed by atoms with van der Waals surface area (Å²) in [5.41, 5.74) is 3.64. The van der Waals surface area contributed by atoms with Crippen molar-refractivity contribution in [2.45, 2.75) is 38.8 Å². The number of amides is 3. The molecule has 1 saturated heterocycles. The van der Waals surface area contributed by atoms with Crippen molar-refractivity contribution in [3.63, 3.8) is 0 Å². The number of imide groups is 1. The first-order valence-corrected chi connectivity index (χ1v) is 10.6. The molecule has 0 radical (unpaired) electrons. The number of hydrogen-bond acceptors (Lipinski definition) is 4. The number of carbonyl (C=O) groups excluding carboxylic acids is 3. The van der Waals surface area contributed by atoms with Gasteiger partial charge in [-0.2, -0.15) is 0 Å². The molecule has 0 spiro atoms. The minimum absolute atomic E-state index is 0.104. The topological polar surface area (TPSA) is 69.7 Å². The molecule has 2 aromatic rings. The van der Waals surface area contributed by atoms with E-state index in [9.17, 15) is 14.4 Å². The van der Waals surface area contributed by atoms with Crippen LogP contribution >= 0.6 is 0 Å². The highest BCUT2D eigenvalue weighted by atomic mass is 16.2. The highest BCUT2D eigenvalue weighted by Crippen LogP contribution is 2.20. The molecule has 1 fully saturated rings. The second-order valence-electron chi connectivity index (χ2n) is 7.96. The molecule has 4 rings (SSSR count). The molecule has 0 aromatic heterocycles. The van der Waals surface area contributed by atoms with Crippen LogP contribution in [0.3, 0.4) is 0 Å². The fraction of sp³-hybridized carbons (Fsp3) is 0.375. The summed E-state index contributed by atoms with van der Waals surface area (Å²) in [6, 6.07) is 15.3. The first kappa shape index (κ1) is 20.3. The first-order chi connectivity index (χ1) is 14.6. The zero-order valence-electron chi connectivity index (χ0n) is 17.1. The lowest BCUT2D eigenvalue weighted by molar-refractivity contribution is -0.129. The Balaban J connectivity index is 1.31. The van der Waals surface area contributed by atoms with Crippen molar-refractivity contribution >= 4 is 17.7 Å². The van der Waals surface area contributed by atoms with E-state index in [-0.39, 0.29) is 37.1 Å². The zero-order chi connectivity index (χ0) is 20.9. The van der Waals surface area contributed by atoms with Crippen molar-refractivity contribution in [1.82, 2.24) is 15.1 Å². The molecule has 30 heavy (non-hydrogen) atoms. The largest absolute Gasteiger partial charge is 0.352 e. The molecule has 0 unspecified atom stereocenters. The number of benzene rings is 2. The summed E-state index contributed by atoms with van der Waals surface area (Å²) in [5, 5.41) is 2.95. The Morgan fingerprint density at radius 3 is 2.43 bits per heavy atom. The summed E-state index contributed by atoms with van der Waals surface area (Å²) in [6.45, 7) is 3.71. The van der Waals surface area contributed by atoms with Gasteiger partial charge >= 0.3 is 0 Å². The van der Waals surface area contributed by atoms with Gasteiger partial charge in [0.25, 0.3) is 5.91 Å². The van der Waals surface area contributed by atoms with Gasteiger partial charge in [-0.15, -0.1) is 0 Å². The van der Waals surface area contributed by atoms with Gasteiger partial charge in [0, 0.05) is 31.6 Å². The number of likely N-dealkylation sites (tertiary alicyclic amines) is 1. The number of fused-ring (bicyclic) bond motifs is 1. The number of nitrogens with one attached hydrogen (secondary N) is 1. The third-order valence-corrected chi connectivity index (χ3v) is 5.89. The number of nitrogens with zero attached hydrogens (tertiary/aromatic N) is 2. The Kier molecular flexibility index (Phi) is 6.23. The maximum Gasteiger partial charge on any atom is 0.260 e. The van der Waals surface area contributed by atoms with Crippen LogP contribution in [0.25, 0.3) is 0 Å². The van der Waals surface area contributed by atoms with E-state index in [1.54, 1.807) is 18.2 Å². The Morgan fingerprint density at radius 2 is 1.63 bits per heavy atom. The maximum absolute atomic E-state index is 12.6. The molecule has 2 aliphatic heterocycles. The minimum atomic E-state index is -0.314. The quantitative estimate of drug-likeness (QED) is 0.719. The Bertz CT molecular complexity index is 950. The van der Waals surface area contributed by atoms with Gasteiger partial charge in [-0.1, -0.05) is 42.5 Å². The normalized spacial score (nSPS) is 16.6. The van der Waals surface area contributed by atoms with Crippen molar-refractivity contribution < 1.29 is 14.4 Å². The van der Waals surface area contributed by atoms with Gasteiger partial charge in [0.2, 0.25) is 11.8 Å². The molecule has 2 heterocycles. The monoisotopic (exact) mass is 405 g/mol.